The average molecular weight is 573 g/mol. The maximum absolute atomic E-state index is 13.4. The Morgan fingerprint density at radius 1 is 0.976 bits per heavy atom. The van der Waals surface area contributed by atoms with Crippen LogP contribution in [0.2, 0.25) is 0 Å². The number of para-hydroxylation sites is 1. The standard InChI is InChI=1S/C31H30F6N4/c1-19(21-12-23(30(32,33)34)16-24(13-21)31(35,36)37)28-15-22(28)14-27-10-9-25(18-41(27)26-7-3-2-4-8-26)40-29-20(17-38)6-5-11-39-29/h2-8,11-13,16,19,22,25,27-28H,9-10,14-15,18H2,1H3,(H,39,40)/t19?,22?,25?,27-,28?/m1/s1. The predicted molar refractivity (Wildman–Crippen MR) is 144 cm³/mol. The third-order valence-corrected chi connectivity index (χ3v) is 8.39. The van der Waals surface area contributed by atoms with Crippen molar-refractivity contribution < 1.29 is 26.3 Å². The van der Waals surface area contributed by atoms with Gasteiger partial charge in [-0.15, -0.1) is 0 Å². The SMILES string of the molecule is CC(c1cc(C(F)(F)F)cc(C(F)(F)F)c1)C1CC1C[C@H]1CCC(Nc2ncccc2C#N)CN1c1ccccc1. The zero-order valence-electron chi connectivity index (χ0n) is 22.4. The van der Waals surface area contributed by atoms with Gasteiger partial charge in [0.15, 0.2) is 0 Å². The summed E-state index contributed by atoms with van der Waals surface area (Å²) in [7, 11) is 0. The van der Waals surface area contributed by atoms with Crippen LogP contribution in [0.15, 0.2) is 66.9 Å². The molecule has 1 aromatic heterocycles. The van der Waals surface area contributed by atoms with Crippen LogP contribution < -0.4 is 10.2 Å². The van der Waals surface area contributed by atoms with E-state index in [-0.39, 0.29) is 35.5 Å². The molecule has 5 rings (SSSR count). The molecule has 5 atom stereocenters. The van der Waals surface area contributed by atoms with Crippen LogP contribution in [-0.4, -0.2) is 23.6 Å². The second-order valence-corrected chi connectivity index (χ2v) is 11.1. The van der Waals surface area contributed by atoms with Gasteiger partial charge in [-0.05, 0) is 91.5 Å². The van der Waals surface area contributed by atoms with Crippen LogP contribution >= 0.6 is 0 Å². The van der Waals surface area contributed by atoms with Gasteiger partial charge in [-0.1, -0.05) is 25.1 Å². The monoisotopic (exact) mass is 572 g/mol. The molecule has 4 unspecified atom stereocenters. The lowest BCUT2D eigenvalue weighted by molar-refractivity contribution is -0.143. The van der Waals surface area contributed by atoms with Crippen molar-refractivity contribution in [3.63, 3.8) is 0 Å². The van der Waals surface area contributed by atoms with Gasteiger partial charge in [0.2, 0.25) is 0 Å². The van der Waals surface area contributed by atoms with Gasteiger partial charge >= 0.3 is 12.4 Å². The highest BCUT2D eigenvalue weighted by molar-refractivity contribution is 5.53. The predicted octanol–water partition coefficient (Wildman–Crippen LogP) is 8.27. The molecular formula is C31H30F6N4. The highest BCUT2D eigenvalue weighted by Gasteiger charge is 2.45. The number of nitriles is 1. The van der Waals surface area contributed by atoms with E-state index < -0.39 is 29.4 Å². The molecule has 2 aliphatic rings. The van der Waals surface area contributed by atoms with Crippen LogP contribution in [0.1, 0.15) is 60.8 Å². The Kier molecular flexibility index (Phi) is 7.91. The van der Waals surface area contributed by atoms with Crippen LogP contribution in [0.4, 0.5) is 37.8 Å². The molecule has 0 amide bonds. The average Bonchev–Trinajstić information content (AvgIpc) is 3.72. The number of aromatic nitrogens is 1. The lowest BCUT2D eigenvalue weighted by Crippen LogP contribution is -2.48. The number of rotatable bonds is 7. The minimum absolute atomic E-state index is 0.0137. The second kappa shape index (κ2) is 11.3. The van der Waals surface area contributed by atoms with Crippen molar-refractivity contribution in [1.29, 1.82) is 5.26 Å². The van der Waals surface area contributed by atoms with E-state index in [2.05, 4.69) is 21.3 Å². The number of nitrogens with one attached hydrogen (secondary N) is 1. The number of hydrogen-bond acceptors (Lipinski definition) is 4. The molecule has 2 fully saturated rings. The van der Waals surface area contributed by atoms with Crippen molar-refractivity contribution in [1.82, 2.24) is 4.98 Å². The van der Waals surface area contributed by atoms with Gasteiger partial charge in [-0.25, -0.2) is 4.98 Å². The zero-order valence-corrected chi connectivity index (χ0v) is 22.4. The van der Waals surface area contributed by atoms with Crippen molar-refractivity contribution >= 4 is 11.5 Å². The molecule has 0 bridgehead atoms. The number of halogens is 6. The normalized spacial score (nSPS) is 23.5. The van der Waals surface area contributed by atoms with E-state index in [1.807, 2.05) is 30.3 Å². The fraction of sp³-hybridized carbons (Fsp3) is 0.419. The summed E-state index contributed by atoms with van der Waals surface area (Å²) in [5.74, 6) is 0.331. The summed E-state index contributed by atoms with van der Waals surface area (Å²) in [6.07, 6.45) is -4.82. The zero-order chi connectivity index (χ0) is 29.4. The second-order valence-electron chi connectivity index (χ2n) is 11.1. The van der Waals surface area contributed by atoms with Gasteiger partial charge in [0.1, 0.15) is 11.9 Å². The van der Waals surface area contributed by atoms with Gasteiger partial charge in [-0.2, -0.15) is 31.6 Å². The number of anilines is 2. The first-order valence-corrected chi connectivity index (χ1v) is 13.7. The number of pyridine rings is 1. The number of benzene rings is 2. The summed E-state index contributed by atoms with van der Waals surface area (Å²) in [5, 5.41) is 12.8. The Labute approximate surface area is 235 Å². The molecule has 10 heteroatoms. The smallest absolute Gasteiger partial charge is 0.366 e. The lowest BCUT2D eigenvalue weighted by Gasteiger charge is -2.42. The summed E-state index contributed by atoms with van der Waals surface area (Å²) in [6, 6.07) is 17.7. The molecule has 4 nitrogen and oxygen atoms in total. The van der Waals surface area contributed by atoms with Crippen molar-refractivity contribution in [3.8, 4) is 6.07 Å². The van der Waals surface area contributed by atoms with Gasteiger partial charge < -0.3 is 10.2 Å². The van der Waals surface area contributed by atoms with Crippen LogP contribution in [0.3, 0.4) is 0 Å². The molecule has 1 aliphatic carbocycles. The van der Waals surface area contributed by atoms with Gasteiger partial charge in [0, 0.05) is 30.5 Å². The summed E-state index contributed by atoms with van der Waals surface area (Å²) in [6.45, 7) is 2.40. The largest absolute Gasteiger partial charge is 0.416 e. The number of nitrogens with zero attached hydrogens (tertiary/aromatic N) is 3. The first-order valence-electron chi connectivity index (χ1n) is 13.7. The van der Waals surface area contributed by atoms with E-state index >= 15 is 0 Å². The molecule has 0 spiro atoms. The topological polar surface area (TPSA) is 52.0 Å². The maximum atomic E-state index is 13.4. The van der Waals surface area contributed by atoms with Crippen LogP contribution in [-0.2, 0) is 12.4 Å². The number of hydrogen-bond donors (Lipinski definition) is 1. The molecule has 41 heavy (non-hydrogen) atoms. The van der Waals surface area contributed by atoms with E-state index in [9.17, 15) is 31.6 Å². The van der Waals surface area contributed by atoms with Crippen molar-refractivity contribution in [2.45, 2.75) is 63.0 Å². The van der Waals surface area contributed by atoms with Crippen LogP contribution in [0.25, 0.3) is 0 Å². The van der Waals surface area contributed by atoms with Crippen LogP contribution in [0, 0.1) is 23.2 Å². The Morgan fingerprint density at radius 3 is 2.29 bits per heavy atom. The molecule has 1 aliphatic heterocycles. The van der Waals surface area contributed by atoms with Crippen LogP contribution in [0.5, 0.6) is 0 Å². The minimum atomic E-state index is -4.86. The van der Waals surface area contributed by atoms with Gasteiger partial charge in [0.25, 0.3) is 0 Å². The fourth-order valence-corrected chi connectivity index (χ4v) is 6.12. The Bertz CT molecular complexity index is 1370. The highest BCUT2D eigenvalue weighted by atomic mass is 19.4. The third-order valence-electron chi connectivity index (χ3n) is 8.39. The molecule has 1 N–H and O–H groups in total. The maximum Gasteiger partial charge on any atom is 0.416 e. The van der Waals surface area contributed by atoms with E-state index in [4.69, 9.17) is 0 Å². The first kappa shape index (κ1) is 28.8. The number of piperidine rings is 1. The Morgan fingerprint density at radius 2 is 1.66 bits per heavy atom. The van der Waals surface area contributed by atoms with Gasteiger partial charge in [0.05, 0.1) is 16.7 Å². The third kappa shape index (κ3) is 6.61. The van der Waals surface area contributed by atoms with E-state index in [0.29, 0.717) is 17.9 Å². The molecule has 2 heterocycles. The summed E-state index contributed by atoms with van der Waals surface area (Å²) >= 11 is 0. The summed E-state index contributed by atoms with van der Waals surface area (Å²) < 4.78 is 80.5. The van der Waals surface area contributed by atoms with Crippen molar-refractivity contribution in [3.05, 3.63) is 89.1 Å². The molecule has 2 aromatic carbocycles. The first-order chi connectivity index (χ1) is 19.4. The van der Waals surface area contributed by atoms with E-state index in [1.165, 1.54) is 0 Å². The minimum Gasteiger partial charge on any atom is -0.366 e. The molecule has 0 radical (unpaired) electrons. The molecule has 216 valence electrons. The summed E-state index contributed by atoms with van der Waals surface area (Å²) in [5.41, 5.74) is -0.932. The highest BCUT2D eigenvalue weighted by Crippen LogP contribution is 2.53. The molecule has 1 saturated heterocycles. The summed E-state index contributed by atoms with van der Waals surface area (Å²) in [4.78, 5) is 6.65. The molecular weight excluding hydrogens is 542 g/mol. The lowest BCUT2D eigenvalue weighted by atomic mass is 9.89. The van der Waals surface area contributed by atoms with E-state index in [0.717, 1.165) is 43.5 Å². The Hall–Kier alpha value is -3.74. The van der Waals surface area contributed by atoms with Crippen molar-refractivity contribution in [2.24, 2.45) is 11.8 Å². The van der Waals surface area contributed by atoms with Crippen molar-refractivity contribution in [2.75, 3.05) is 16.8 Å². The quantitative estimate of drug-likeness (QED) is 0.290. The fourth-order valence-electron chi connectivity index (χ4n) is 6.12. The van der Waals surface area contributed by atoms with E-state index in [1.54, 1.807) is 25.3 Å². The van der Waals surface area contributed by atoms with Gasteiger partial charge in [-0.3, -0.25) is 0 Å². The molecule has 1 saturated carbocycles. The molecule has 3 aromatic rings. The Balaban J connectivity index is 1.31. The number of alkyl halides is 6.